The molecule has 2 heterocycles. The molecule has 4 nitrogen and oxygen atoms in total. The summed E-state index contributed by atoms with van der Waals surface area (Å²) in [6.45, 7) is 5.09. The number of hydrogen-bond donors (Lipinski definition) is 1. The number of carbonyl (C=O) groups is 1. The molecule has 2 aliphatic heterocycles. The molecule has 0 radical (unpaired) electrons. The fraction of sp³-hybridized carbons (Fsp3) is 0.588. The van der Waals surface area contributed by atoms with Crippen LogP contribution in [0.2, 0.25) is 0 Å². The first kappa shape index (κ1) is 17.3. The third-order valence-corrected chi connectivity index (χ3v) is 4.46. The van der Waals surface area contributed by atoms with Crippen LogP contribution in [0, 0.1) is 6.92 Å². The first-order chi connectivity index (χ1) is 10.2. The maximum atomic E-state index is 12.6. The molecule has 0 spiro atoms. The predicted octanol–water partition coefficient (Wildman–Crippen LogP) is 1.94. The Balaban J connectivity index is 0.00000176. The second-order valence-electron chi connectivity index (χ2n) is 6.08. The Morgan fingerprint density at radius 2 is 2.14 bits per heavy atom. The summed E-state index contributed by atoms with van der Waals surface area (Å²) in [7, 11) is 0. The van der Waals surface area contributed by atoms with Gasteiger partial charge in [-0.3, -0.25) is 4.79 Å². The minimum absolute atomic E-state index is 0. The van der Waals surface area contributed by atoms with Gasteiger partial charge in [-0.25, -0.2) is 0 Å². The molecule has 2 saturated heterocycles. The van der Waals surface area contributed by atoms with E-state index in [1.54, 1.807) is 0 Å². The average Bonchev–Trinajstić information content (AvgIpc) is 2.98. The van der Waals surface area contributed by atoms with E-state index in [-0.39, 0.29) is 24.4 Å². The van der Waals surface area contributed by atoms with Crippen LogP contribution >= 0.6 is 12.4 Å². The van der Waals surface area contributed by atoms with Gasteiger partial charge in [-0.15, -0.1) is 12.4 Å². The molecule has 3 rings (SSSR count). The van der Waals surface area contributed by atoms with E-state index in [0.29, 0.717) is 19.2 Å². The van der Waals surface area contributed by atoms with Crippen molar-refractivity contribution in [2.24, 2.45) is 0 Å². The summed E-state index contributed by atoms with van der Waals surface area (Å²) < 4.78 is 5.61. The van der Waals surface area contributed by atoms with Gasteiger partial charge in [0.2, 0.25) is 0 Å². The molecule has 1 aromatic rings. The van der Waals surface area contributed by atoms with Crippen LogP contribution in [0.25, 0.3) is 0 Å². The van der Waals surface area contributed by atoms with E-state index < -0.39 is 0 Å². The van der Waals surface area contributed by atoms with Crippen molar-refractivity contribution in [2.45, 2.75) is 38.3 Å². The largest absolute Gasteiger partial charge is 0.366 e. The number of nitrogens with zero attached hydrogens (tertiary/aromatic N) is 1. The maximum Gasteiger partial charge on any atom is 0.253 e. The lowest BCUT2D eigenvalue weighted by atomic mass is 10.0. The van der Waals surface area contributed by atoms with E-state index in [9.17, 15) is 4.79 Å². The molecular weight excluding hydrogens is 300 g/mol. The summed E-state index contributed by atoms with van der Waals surface area (Å²) in [4.78, 5) is 14.7. The van der Waals surface area contributed by atoms with Gasteiger partial charge < -0.3 is 15.0 Å². The number of amides is 1. The Kier molecular flexibility index (Phi) is 6.24. The first-order valence-corrected chi connectivity index (χ1v) is 7.92. The Hall–Kier alpha value is -1.10. The zero-order valence-corrected chi connectivity index (χ0v) is 13.9. The summed E-state index contributed by atoms with van der Waals surface area (Å²) in [5.74, 6) is 0.164. The zero-order valence-electron chi connectivity index (χ0n) is 13.1. The van der Waals surface area contributed by atoms with Crippen LogP contribution in [-0.2, 0) is 16.0 Å². The number of rotatable bonds is 3. The molecule has 122 valence electrons. The van der Waals surface area contributed by atoms with Crippen molar-refractivity contribution in [1.82, 2.24) is 10.2 Å². The van der Waals surface area contributed by atoms with Gasteiger partial charge in [0.15, 0.2) is 0 Å². The molecule has 22 heavy (non-hydrogen) atoms. The number of aryl methyl sites for hydroxylation is 1. The molecule has 2 aliphatic rings. The van der Waals surface area contributed by atoms with E-state index >= 15 is 0 Å². The quantitative estimate of drug-likeness (QED) is 0.924. The molecule has 0 bridgehead atoms. The van der Waals surface area contributed by atoms with Crippen molar-refractivity contribution in [2.75, 3.05) is 26.2 Å². The molecule has 5 heteroatoms. The number of benzene rings is 1. The third kappa shape index (κ3) is 4.00. The van der Waals surface area contributed by atoms with Crippen molar-refractivity contribution in [1.29, 1.82) is 0 Å². The maximum absolute atomic E-state index is 12.6. The van der Waals surface area contributed by atoms with Crippen molar-refractivity contribution >= 4 is 18.3 Å². The van der Waals surface area contributed by atoms with Gasteiger partial charge >= 0.3 is 0 Å². The molecule has 1 amide bonds. The molecule has 1 N–H and O–H groups in total. The van der Waals surface area contributed by atoms with Gasteiger partial charge in [0, 0.05) is 25.7 Å². The van der Waals surface area contributed by atoms with E-state index in [1.807, 2.05) is 4.90 Å². The Bertz CT molecular complexity index is 486. The van der Waals surface area contributed by atoms with E-state index in [1.165, 1.54) is 11.1 Å². The fourth-order valence-electron chi connectivity index (χ4n) is 3.24. The third-order valence-electron chi connectivity index (χ3n) is 4.46. The van der Waals surface area contributed by atoms with Crippen molar-refractivity contribution in [3.8, 4) is 0 Å². The number of hydrogen-bond acceptors (Lipinski definition) is 3. The number of ether oxygens (including phenoxy) is 1. The van der Waals surface area contributed by atoms with Crippen LogP contribution in [0.5, 0.6) is 0 Å². The molecule has 0 saturated carbocycles. The van der Waals surface area contributed by atoms with Crippen molar-refractivity contribution in [3.05, 3.63) is 35.4 Å². The lowest BCUT2D eigenvalue weighted by molar-refractivity contribution is -0.146. The van der Waals surface area contributed by atoms with Gasteiger partial charge in [0.1, 0.15) is 6.10 Å². The van der Waals surface area contributed by atoms with Gasteiger partial charge in [0.25, 0.3) is 5.91 Å². The molecule has 0 aliphatic carbocycles. The predicted molar refractivity (Wildman–Crippen MR) is 89.5 cm³/mol. The first-order valence-electron chi connectivity index (χ1n) is 7.92. The minimum atomic E-state index is -0.294. The molecule has 2 fully saturated rings. The SMILES string of the molecule is Cc1ccc(CC2CCCN2C(=O)C2CNCCO2)cc1.Cl. The molecule has 2 atom stereocenters. The van der Waals surface area contributed by atoms with E-state index in [2.05, 4.69) is 36.5 Å². The molecular formula is C17H25ClN2O2. The van der Waals surface area contributed by atoms with Gasteiger partial charge in [-0.1, -0.05) is 29.8 Å². The number of nitrogens with one attached hydrogen (secondary N) is 1. The highest BCUT2D eigenvalue weighted by Gasteiger charge is 2.34. The van der Waals surface area contributed by atoms with E-state index in [0.717, 1.165) is 32.4 Å². The molecule has 0 aromatic heterocycles. The van der Waals surface area contributed by atoms with Crippen LogP contribution in [0.4, 0.5) is 0 Å². The van der Waals surface area contributed by atoms with Crippen LogP contribution in [0.15, 0.2) is 24.3 Å². The lowest BCUT2D eigenvalue weighted by Crippen LogP contribution is -2.51. The standard InChI is InChI=1S/C17H24N2O2.ClH/c1-13-4-6-14(7-5-13)11-15-3-2-9-19(15)17(20)16-12-18-8-10-21-16;/h4-7,15-16,18H,2-3,8-12H2,1H3;1H. The summed E-state index contributed by atoms with van der Waals surface area (Å²) >= 11 is 0. The highest BCUT2D eigenvalue weighted by Crippen LogP contribution is 2.23. The molecule has 1 aromatic carbocycles. The highest BCUT2D eigenvalue weighted by atomic mass is 35.5. The number of carbonyl (C=O) groups excluding carboxylic acids is 1. The van der Waals surface area contributed by atoms with E-state index in [4.69, 9.17) is 4.74 Å². The van der Waals surface area contributed by atoms with Crippen molar-refractivity contribution < 1.29 is 9.53 Å². The topological polar surface area (TPSA) is 41.6 Å². The second-order valence-corrected chi connectivity index (χ2v) is 6.08. The normalized spacial score (nSPS) is 24.9. The highest BCUT2D eigenvalue weighted by molar-refractivity contribution is 5.85. The van der Waals surface area contributed by atoms with Crippen molar-refractivity contribution in [3.63, 3.8) is 0 Å². The fourth-order valence-corrected chi connectivity index (χ4v) is 3.24. The Morgan fingerprint density at radius 1 is 1.36 bits per heavy atom. The monoisotopic (exact) mass is 324 g/mol. The summed E-state index contributed by atoms with van der Waals surface area (Å²) in [6, 6.07) is 8.96. The number of morpholine rings is 1. The lowest BCUT2D eigenvalue weighted by Gasteiger charge is -2.31. The number of likely N-dealkylation sites (tertiary alicyclic amines) is 1. The van der Waals surface area contributed by atoms with Gasteiger partial charge in [-0.05, 0) is 31.7 Å². The summed E-state index contributed by atoms with van der Waals surface area (Å²) in [5.41, 5.74) is 2.59. The molecule has 2 unspecified atom stereocenters. The van der Waals surface area contributed by atoms with Crippen LogP contribution < -0.4 is 5.32 Å². The van der Waals surface area contributed by atoms with Crippen LogP contribution in [0.1, 0.15) is 24.0 Å². The Labute approximate surface area is 138 Å². The summed E-state index contributed by atoms with van der Waals surface area (Å²) in [6.07, 6.45) is 2.85. The second kappa shape index (κ2) is 7.95. The van der Waals surface area contributed by atoms with Crippen LogP contribution in [-0.4, -0.2) is 49.2 Å². The van der Waals surface area contributed by atoms with Gasteiger partial charge in [0.05, 0.1) is 6.61 Å². The Morgan fingerprint density at radius 3 is 2.82 bits per heavy atom. The minimum Gasteiger partial charge on any atom is -0.366 e. The number of halogens is 1. The zero-order chi connectivity index (χ0) is 14.7. The van der Waals surface area contributed by atoms with Crippen LogP contribution in [0.3, 0.4) is 0 Å². The average molecular weight is 325 g/mol. The smallest absolute Gasteiger partial charge is 0.253 e. The summed E-state index contributed by atoms with van der Waals surface area (Å²) in [5, 5.41) is 3.24. The van der Waals surface area contributed by atoms with Gasteiger partial charge in [-0.2, -0.15) is 0 Å².